The molecule has 0 fully saturated rings. The molecule has 2 heterocycles. The molecule has 28 heavy (non-hydrogen) atoms. The average Bonchev–Trinajstić information content (AvgIpc) is 3.33. The van der Waals surface area contributed by atoms with Gasteiger partial charge in [-0.25, -0.2) is 14.7 Å². The van der Waals surface area contributed by atoms with E-state index in [2.05, 4.69) is 20.5 Å². The van der Waals surface area contributed by atoms with Crippen LogP contribution in [0.2, 0.25) is 0 Å². The minimum Gasteiger partial charge on any atom is -0.445 e. The topological polar surface area (TPSA) is 113 Å². The van der Waals surface area contributed by atoms with E-state index in [-0.39, 0.29) is 12.5 Å². The third-order valence-electron chi connectivity index (χ3n) is 4.36. The van der Waals surface area contributed by atoms with Gasteiger partial charge in [-0.2, -0.15) is 0 Å². The Kier molecular flexibility index (Phi) is 4.92. The molecule has 0 unspecified atom stereocenters. The van der Waals surface area contributed by atoms with Crippen LogP contribution in [0.5, 0.6) is 0 Å². The second-order valence-corrected chi connectivity index (χ2v) is 6.27. The fourth-order valence-corrected chi connectivity index (χ4v) is 3.02. The van der Waals surface area contributed by atoms with Gasteiger partial charge in [-0.05, 0) is 17.2 Å². The van der Waals surface area contributed by atoms with Gasteiger partial charge in [-0.15, -0.1) is 5.10 Å². The van der Waals surface area contributed by atoms with E-state index < -0.39 is 17.9 Å². The zero-order valence-electron chi connectivity index (χ0n) is 14.8. The molecule has 0 saturated heterocycles. The van der Waals surface area contributed by atoms with Gasteiger partial charge in [0.25, 0.3) is 0 Å². The van der Waals surface area contributed by atoms with E-state index in [1.807, 2.05) is 60.8 Å². The van der Waals surface area contributed by atoms with E-state index in [9.17, 15) is 9.59 Å². The van der Waals surface area contributed by atoms with Crippen molar-refractivity contribution in [1.29, 1.82) is 0 Å². The molecule has 0 spiro atoms. The number of rotatable bonds is 6. The predicted octanol–water partition coefficient (Wildman–Crippen LogP) is 3.05. The molecule has 0 aliphatic heterocycles. The number of aromatic amines is 2. The monoisotopic (exact) mass is 378 g/mol. The number of aromatic nitrogens is 3. The van der Waals surface area contributed by atoms with Gasteiger partial charge in [0.05, 0.1) is 0 Å². The molecule has 142 valence electrons. The number of carbonyl (C=O) groups is 1. The van der Waals surface area contributed by atoms with Crippen LogP contribution in [0.4, 0.5) is 4.79 Å². The summed E-state index contributed by atoms with van der Waals surface area (Å²) in [6.45, 7) is 0.136. The normalized spacial score (nSPS) is 12.0. The third-order valence-corrected chi connectivity index (χ3v) is 4.36. The van der Waals surface area contributed by atoms with Crippen molar-refractivity contribution in [2.24, 2.45) is 0 Å². The molecule has 2 aromatic carbocycles. The average molecular weight is 378 g/mol. The van der Waals surface area contributed by atoms with Crippen LogP contribution in [0.25, 0.3) is 10.9 Å². The van der Waals surface area contributed by atoms with Crippen molar-refractivity contribution in [1.82, 2.24) is 20.5 Å². The number of para-hydroxylation sites is 1. The number of H-pyrrole nitrogens is 2. The Labute approximate surface area is 159 Å². The van der Waals surface area contributed by atoms with Crippen molar-refractivity contribution in [2.75, 3.05) is 0 Å². The number of fused-ring (bicyclic) bond motifs is 1. The Morgan fingerprint density at radius 3 is 2.71 bits per heavy atom. The molecule has 8 nitrogen and oxygen atoms in total. The zero-order valence-corrected chi connectivity index (χ0v) is 14.8. The quantitative estimate of drug-likeness (QED) is 0.477. The van der Waals surface area contributed by atoms with Crippen LogP contribution < -0.4 is 11.1 Å². The van der Waals surface area contributed by atoms with Crippen molar-refractivity contribution in [3.63, 3.8) is 0 Å². The first-order chi connectivity index (χ1) is 13.7. The summed E-state index contributed by atoms with van der Waals surface area (Å²) in [5.41, 5.74) is 2.80. The van der Waals surface area contributed by atoms with Crippen molar-refractivity contribution >= 4 is 17.0 Å². The van der Waals surface area contributed by atoms with Gasteiger partial charge in [0.15, 0.2) is 0 Å². The van der Waals surface area contributed by atoms with Gasteiger partial charge in [0.2, 0.25) is 5.89 Å². The summed E-state index contributed by atoms with van der Waals surface area (Å²) in [6, 6.07) is 16.5. The van der Waals surface area contributed by atoms with Crippen molar-refractivity contribution in [3.05, 3.63) is 88.4 Å². The molecule has 1 amide bonds. The van der Waals surface area contributed by atoms with Crippen LogP contribution >= 0.6 is 0 Å². The van der Waals surface area contributed by atoms with Gasteiger partial charge in [0.1, 0.15) is 12.6 Å². The number of ether oxygens (including phenoxy) is 1. The van der Waals surface area contributed by atoms with Gasteiger partial charge in [-0.3, -0.25) is 0 Å². The van der Waals surface area contributed by atoms with E-state index >= 15 is 0 Å². The molecule has 0 aliphatic rings. The first-order valence-electron chi connectivity index (χ1n) is 8.76. The van der Waals surface area contributed by atoms with Gasteiger partial charge in [-0.1, -0.05) is 48.5 Å². The second kappa shape index (κ2) is 7.83. The highest BCUT2D eigenvalue weighted by molar-refractivity contribution is 5.83. The molecule has 4 aromatic rings. The van der Waals surface area contributed by atoms with E-state index in [0.717, 1.165) is 22.0 Å². The number of hydrogen-bond donors (Lipinski definition) is 3. The molecule has 1 atom stereocenters. The van der Waals surface area contributed by atoms with Crippen LogP contribution in [-0.4, -0.2) is 21.3 Å². The molecule has 0 bridgehead atoms. The van der Waals surface area contributed by atoms with Gasteiger partial charge < -0.3 is 19.5 Å². The summed E-state index contributed by atoms with van der Waals surface area (Å²) < 4.78 is 10.3. The Hall–Kier alpha value is -3.81. The summed E-state index contributed by atoms with van der Waals surface area (Å²) in [6.07, 6.45) is 1.61. The number of hydrogen-bond acceptors (Lipinski definition) is 5. The van der Waals surface area contributed by atoms with Crippen molar-refractivity contribution in [3.8, 4) is 0 Å². The Morgan fingerprint density at radius 2 is 1.93 bits per heavy atom. The molecule has 8 heteroatoms. The highest BCUT2D eigenvalue weighted by atomic mass is 16.5. The van der Waals surface area contributed by atoms with Gasteiger partial charge >= 0.3 is 11.8 Å². The lowest BCUT2D eigenvalue weighted by atomic mass is 10.1. The smallest absolute Gasteiger partial charge is 0.434 e. The molecule has 2 aromatic heterocycles. The fourth-order valence-electron chi connectivity index (χ4n) is 3.02. The van der Waals surface area contributed by atoms with E-state index in [1.165, 1.54) is 0 Å². The van der Waals surface area contributed by atoms with Crippen molar-refractivity contribution < 1.29 is 13.9 Å². The third kappa shape index (κ3) is 3.96. The van der Waals surface area contributed by atoms with Crippen LogP contribution in [-0.2, 0) is 17.8 Å². The highest BCUT2D eigenvalue weighted by Crippen LogP contribution is 2.23. The molecule has 4 rings (SSSR count). The lowest BCUT2D eigenvalue weighted by molar-refractivity contribution is 0.133. The maximum Gasteiger partial charge on any atom is 0.434 e. The van der Waals surface area contributed by atoms with Crippen LogP contribution in [0.3, 0.4) is 0 Å². The summed E-state index contributed by atoms with van der Waals surface area (Å²) in [7, 11) is 0. The number of carbonyl (C=O) groups excluding carboxylic acids is 1. The minimum atomic E-state index is -0.682. The first-order valence-corrected chi connectivity index (χ1v) is 8.76. The maximum atomic E-state index is 12.3. The van der Waals surface area contributed by atoms with E-state index in [1.54, 1.807) is 0 Å². The maximum absolute atomic E-state index is 12.3. The minimum absolute atomic E-state index is 0.0898. The van der Waals surface area contributed by atoms with Crippen LogP contribution in [0.15, 0.2) is 70.0 Å². The molecular formula is C20H18N4O4. The van der Waals surface area contributed by atoms with Crippen LogP contribution in [0.1, 0.15) is 23.1 Å². The van der Waals surface area contributed by atoms with Gasteiger partial charge in [0, 0.05) is 23.5 Å². The zero-order chi connectivity index (χ0) is 19.3. The standard InChI is InChI=1S/C20H18N4O4/c25-19(27-12-13-6-2-1-3-7-13)22-17(18-23-24-20(26)28-18)10-14-11-21-16-9-5-4-8-15(14)16/h1-9,11,17,21H,10,12H2,(H,22,25)(H,24,26)/t17-/m1/s1. The lowest BCUT2D eigenvalue weighted by Gasteiger charge is -2.15. The summed E-state index contributed by atoms with van der Waals surface area (Å²) in [5.74, 6) is -0.592. The molecule has 0 aliphatic carbocycles. The van der Waals surface area contributed by atoms with E-state index in [4.69, 9.17) is 9.15 Å². The number of nitrogens with zero attached hydrogens (tertiary/aromatic N) is 1. The molecule has 3 N–H and O–H groups in total. The number of benzene rings is 2. The summed E-state index contributed by atoms with van der Waals surface area (Å²) >= 11 is 0. The number of amides is 1. The molecular weight excluding hydrogens is 360 g/mol. The van der Waals surface area contributed by atoms with E-state index in [0.29, 0.717) is 6.42 Å². The number of nitrogens with one attached hydrogen (secondary N) is 3. The Balaban J connectivity index is 1.51. The highest BCUT2D eigenvalue weighted by Gasteiger charge is 2.23. The lowest BCUT2D eigenvalue weighted by Crippen LogP contribution is -2.30. The Morgan fingerprint density at radius 1 is 1.14 bits per heavy atom. The predicted molar refractivity (Wildman–Crippen MR) is 102 cm³/mol. The van der Waals surface area contributed by atoms with Crippen molar-refractivity contribution in [2.45, 2.75) is 19.1 Å². The Bertz CT molecular complexity index is 1130. The molecule has 0 radical (unpaired) electrons. The second-order valence-electron chi connectivity index (χ2n) is 6.27. The fraction of sp³-hybridized carbons (Fsp3) is 0.150. The van der Waals surface area contributed by atoms with Crippen LogP contribution in [0, 0.1) is 0 Å². The molecule has 0 saturated carbocycles. The number of alkyl carbamates (subject to hydrolysis) is 1. The summed E-state index contributed by atoms with van der Waals surface area (Å²) in [4.78, 5) is 26.9. The largest absolute Gasteiger partial charge is 0.445 e. The SMILES string of the molecule is O=C(N[C@H](Cc1c[nH]c2ccccc12)c1n[nH]c(=O)o1)OCc1ccccc1. The summed E-state index contributed by atoms with van der Waals surface area (Å²) in [5, 5.41) is 9.84. The first kappa shape index (κ1) is 17.6.